The molecule has 166 valence electrons. The molecule has 0 atom stereocenters. The molecule has 0 aromatic heterocycles. The van der Waals surface area contributed by atoms with Gasteiger partial charge in [-0.25, -0.2) is 0 Å². The topological polar surface area (TPSA) is 91.4 Å². The molecule has 1 fully saturated rings. The van der Waals surface area contributed by atoms with E-state index < -0.39 is 28.7 Å². The number of carbonyl (C=O) groups excluding carboxylic acids is 1. The SMILES string of the molecule is CC1(C)C(=O)N(c2ccc(C#N)c(C(F)(F)F)c2)C(=S)N1CCO.N#Cc1ccccc1. The van der Waals surface area contributed by atoms with Crippen molar-refractivity contribution in [1.29, 1.82) is 10.5 Å². The molecule has 6 nitrogen and oxygen atoms in total. The van der Waals surface area contributed by atoms with E-state index in [-0.39, 0.29) is 24.0 Å². The van der Waals surface area contributed by atoms with Gasteiger partial charge in [0.25, 0.3) is 5.91 Å². The molecular weight excluding hydrogens is 441 g/mol. The van der Waals surface area contributed by atoms with E-state index in [4.69, 9.17) is 27.8 Å². The molecule has 10 heteroatoms. The molecule has 0 saturated carbocycles. The van der Waals surface area contributed by atoms with Gasteiger partial charge in [0.2, 0.25) is 0 Å². The van der Waals surface area contributed by atoms with Crippen LogP contribution in [0, 0.1) is 22.7 Å². The lowest BCUT2D eigenvalue weighted by Gasteiger charge is -2.28. The number of alkyl halides is 3. The van der Waals surface area contributed by atoms with E-state index in [0.717, 1.165) is 17.0 Å². The Morgan fingerprint density at radius 2 is 1.72 bits per heavy atom. The smallest absolute Gasteiger partial charge is 0.395 e. The highest BCUT2D eigenvalue weighted by molar-refractivity contribution is 7.80. The molecule has 3 rings (SSSR count). The second kappa shape index (κ2) is 9.77. The van der Waals surface area contributed by atoms with Crippen molar-refractivity contribution in [3.8, 4) is 12.1 Å². The summed E-state index contributed by atoms with van der Waals surface area (Å²) in [5.74, 6) is -0.501. The summed E-state index contributed by atoms with van der Waals surface area (Å²) in [6.07, 6.45) is -4.73. The minimum atomic E-state index is -4.73. The van der Waals surface area contributed by atoms with Crippen LogP contribution in [0.25, 0.3) is 0 Å². The fraction of sp³-hybridized carbons (Fsp3) is 0.273. The number of nitriles is 2. The summed E-state index contributed by atoms with van der Waals surface area (Å²) in [6, 6.07) is 15.6. The first-order valence-corrected chi connectivity index (χ1v) is 9.73. The minimum absolute atomic E-state index is 0.0110. The molecule has 1 N–H and O–H groups in total. The molecule has 2 aromatic rings. The molecule has 1 saturated heterocycles. The van der Waals surface area contributed by atoms with Crippen LogP contribution in [-0.2, 0) is 11.0 Å². The second-order valence-corrected chi connectivity index (χ2v) is 7.54. The molecule has 1 aliphatic rings. The zero-order valence-corrected chi connectivity index (χ0v) is 18.0. The van der Waals surface area contributed by atoms with Gasteiger partial charge in [0, 0.05) is 6.54 Å². The van der Waals surface area contributed by atoms with Crippen LogP contribution in [0.2, 0.25) is 0 Å². The number of amides is 1. The van der Waals surface area contributed by atoms with Gasteiger partial charge in [-0.3, -0.25) is 9.69 Å². The van der Waals surface area contributed by atoms with Crippen LogP contribution in [0.5, 0.6) is 0 Å². The summed E-state index contributed by atoms with van der Waals surface area (Å²) in [5, 5.41) is 26.3. The lowest BCUT2D eigenvalue weighted by Crippen LogP contribution is -2.45. The van der Waals surface area contributed by atoms with Crippen LogP contribution in [0.1, 0.15) is 30.5 Å². The van der Waals surface area contributed by atoms with Gasteiger partial charge in [0.1, 0.15) is 5.54 Å². The Morgan fingerprint density at radius 1 is 1.09 bits per heavy atom. The zero-order valence-electron chi connectivity index (χ0n) is 17.2. The number of benzene rings is 2. The molecular formula is C22H19F3N4O2S. The number of hydrogen-bond donors (Lipinski definition) is 1. The molecule has 1 amide bonds. The maximum Gasteiger partial charge on any atom is 0.417 e. The largest absolute Gasteiger partial charge is 0.417 e. The standard InChI is InChI=1S/C15H14F3N3O2S.C7H5N/c1-14(2)12(23)21(13(24)20(14)5-6-22)10-4-3-9(8-19)11(7-10)15(16,17)18;8-6-7-4-2-1-3-5-7/h3-4,7,22H,5-6H2,1-2H3;1-5H. The van der Waals surface area contributed by atoms with Gasteiger partial charge in [-0.15, -0.1) is 0 Å². The highest BCUT2D eigenvalue weighted by atomic mass is 32.1. The predicted molar refractivity (Wildman–Crippen MR) is 115 cm³/mol. The van der Waals surface area contributed by atoms with Gasteiger partial charge < -0.3 is 10.0 Å². The Bertz CT molecular complexity index is 1090. The van der Waals surface area contributed by atoms with Crippen LogP contribution >= 0.6 is 12.2 Å². The number of β-amino-alcohol motifs (C(OH)–C–C–N with tert-alkyl or cyclic N) is 1. The van der Waals surface area contributed by atoms with E-state index in [9.17, 15) is 18.0 Å². The van der Waals surface area contributed by atoms with E-state index in [1.807, 2.05) is 24.3 Å². The van der Waals surface area contributed by atoms with Crippen molar-refractivity contribution < 1.29 is 23.1 Å². The minimum Gasteiger partial charge on any atom is -0.395 e. The number of carbonyl (C=O) groups is 1. The van der Waals surface area contributed by atoms with Crippen molar-refractivity contribution in [2.24, 2.45) is 0 Å². The third-order valence-corrected chi connectivity index (χ3v) is 5.14. The first-order valence-electron chi connectivity index (χ1n) is 9.32. The molecule has 1 aliphatic heterocycles. The first-order chi connectivity index (χ1) is 15.0. The van der Waals surface area contributed by atoms with Gasteiger partial charge in [0.15, 0.2) is 5.11 Å². The zero-order chi connectivity index (χ0) is 24.1. The number of aliphatic hydroxyl groups is 1. The normalized spacial score (nSPS) is 15.0. The summed E-state index contributed by atoms with van der Waals surface area (Å²) in [6.45, 7) is 2.97. The molecule has 0 aliphatic carbocycles. The van der Waals surface area contributed by atoms with E-state index in [1.54, 1.807) is 26.0 Å². The predicted octanol–water partition coefficient (Wildman–Crippen LogP) is 3.84. The van der Waals surface area contributed by atoms with Crippen molar-refractivity contribution in [3.05, 3.63) is 65.2 Å². The molecule has 0 bridgehead atoms. The summed E-state index contributed by atoms with van der Waals surface area (Å²) < 4.78 is 39.3. The molecule has 32 heavy (non-hydrogen) atoms. The van der Waals surface area contributed by atoms with Crippen molar-refractivity contribution in [2.45, 2.75) is 25.6 Å². The Labute approximate surface area is 188 Å². The Kier molecular flexibility index (Phi) is 7.57. The maximum absolute atomic E-state index is 13.1. The number of aliphatic hydroxyl groups excluding tert-OH is 1. The van der Waals surface area contributed by atoms with Crippen molar-refractivity contribution in [3.63, 3.8) is 0 Å². The summed E-state index contributed by atoms with van der Waals surface area (Å²) >= 11 is 5.21. The van der Waals surface area contributed by atoms with Gasteiger partial charge in [0.05, 0.1) is 41.1 Å². The highest BCUT2D eigenvalue weighted by Crippen LogP contribution is 2.37. The molecule has 1 heterocycles. The highest BCUT2D eigenvalue weighted by Gasteiger charge is 2.49. The number of hydrogen-bond acceptors (Lipinski definition) is 5. The summed E-state index contributed by atoms with van der Waals surface area (Å²) in [4.78, 5) is 15.1. The fourth-order valence-corrected chi connectivity index (χ4v) is 3.56. The van der Waals surface area contributed by atoms with Crippen LogP contribution < -0.4 is 4.90 Å². The van der Waals surface area contributed by atoms with Crippen molar-refractivity contribution >= 4 is 28.9 Å². The Hall–Kier alpha value is -3.47. The average molecular weight is 460 g/mol. The quantitative estimate of drug-likeness (QED) is 0.700. The van der Waals surface area contributed by atoms with Crippen LogP contribution in [0.15, 0.2) is 48.5 Å². The van der Waals surface area contributed by atoms with E-state index >= 15 is 0 Å². The van der Waals surface area contributed by atoms with Gasteiger partial charge in [-0.1, -0.05) is 18.2 Å². The van der Waals surface area contributed by atoms with Crippen LogP contribution in [0.4, 0.5) is 18.9 Å². The van der Waals surface area contributed by atoms with Crippen molar-refractivity contribution in [1.82, 2.24) is 4.90 Å². The molecule has 0 spiro atoms. The van der Waals surface area contributed by atoms with Gasteiger partial charge in [-0.05, 0) is 56.4 Å². The number of halogens is 3. The third kappa shape index (κ3) is 5.05. The molecule has 0 unspecified atom stereocenters. The number of thiocarbonyl (C=S) groups is 1. The Morgan fingerprint density at radius 3 is 2.19 bits per heavy atom. The van der Waals surface area contributed by atoms with Crippen molar-refractivity contribution in [2.75, 3.05) is 18.1 Å². The average Bonchev–Trinajstić information content (AvgIpc) is 2.93. The number of anilines is 1. The number of rotatable bonds is 3. The molecule has 0 radical (unpaired) electrons. The van der Waals surface area contributed by atoms with Gasteiger partial charge in [-0.2, -0.15) is 23.7 Å². The maximum atomic E-state index is 13.1. The van der Waals surface area contributed by atoms with Gasteiger partial charge >= 0.3 is 6.18 Å². The van der Waals surface area contributed by atoms with Crippen LogP contribution in [-0.4, -0.2) is 39.7 Å². The first kappa shape index (κ1) is 24.8. The Balaban J connectivity index is 0.000000380. The lowest BCUT2D eigenvalue weighted by atomic mass is 10.0. The number of nitrogens with zero attached hydrogens (tertiary/aromatic N) is 4. The summed E-state index contributed by atoms with van der Waals surface area (Å²) in [5.41, 5.74) is -2.10. The van der Waals surface area contributed by atoms with Crippen LogP contribution in [0.3, 0.4) is 0 Å². The fourth-order valence-electron chi connectivity index (χ4n) is 3.05. The lowest BCUT2D eigenvalue weighted by molar-refractivity contribution is -0.137. The van der Waals surface area contributed by atoms with E-state index in [0.29, 0.717) is 5.56 Å². The molecule has 2 aromatic carbocycles. The van der Waals surface area contributed by atoms with E-state index in [1.165, 1.54) is 17.0 Å². The second-order valence-electron chi connectivity index (χ2n) is 7.17. The third-order valence-electron chi connectivity index (χ3n) is 4.74. The van der Waals surface area contributed by atoms with E-state index in [2.05, 4.69) is 0 Å². The summed E-state index contributed by atoms with van der Waals surface area (Å²) in [7, 11) is 0. The monoisotopic (exact) mass is 460 g/mol.